The number of hydrogen-bond acceptors (Lipinski definition) is 1. The van der Waals surface area contributed by atoms with Crippen molar-refractivity contribution in [3.63, 3.8) is 0 Å². The van der Waals surface area contributed by atoms with Crippen LogP contribution in [0.3, 0.4) is 0 Å². The Morgan fingerprint density at radius 3 is 2.82 bits per heavy atom. The standard InChI is InChI=1S/C21H23N/c1-15(2)18-8-9-21-20(13-18)10-11-22(21)14-16-6-7-17-4-3-5-19(17)12-16/h3-4,6-9,12-13,15H,5,10-11,14H2,1-2H3. The van der Waals surface area contributed by atoms with Crippen molar-refractivity contribution in [3.05, 3.63) is 70.3 Å². The molecular weight excluding hydrogens is 266 g/mol. The SMILES string of the molecule is CC(C)c1ccc2c(c1)CCN2Cc1ccc2c(c1)CC=C2. The van der Waals surface area contributed by atoms with E-state index in [1.54, 1.807) is 0 Å². The molecule has 1 aliphatic heterocycles. The van der Waals surface area contributed by atoms with Gasteiger partial charge in [0.2, 0.25) is 0 Å². The molecule has 2 aromatic rings. The molecule has 1 aliphatic carbocycles. The van der Waals surface area contributed by atoms with Crippen molar-refractivity contribution in [3.8, 4) is 0 Å². The average Bonchev–Trinajstić information content (AvgIpc) is 3.13. The highest BCUT2D eigenvalue weighted by Crippen LogP contribution is 2.32. The predicted octanol–water partition coefficient (Wildman–Crippen LogP) is 4.94. The summed E-state index contributed by atoms with van der Waals surface area (Å²) in [5.41, 5.74) is 8.73. The highest BCUT2D eigenvalue weighted by molar-refractivity contribution is 5.62. The lowest BCUT2D eigenvalue weighted by Gasteiger charge is -2.20. The number of rotatable bonds is 3. The van der Waals surface area contributed by atoms with Crippen molar-refractivity contribution in [2.45, 2.75) is 39.2 Å². The molecule has 112 valence electrons. The third-order valence-electron chi connectivity index (χ3n) is 4.98. The second-order valence-electron chi connectivity index (χ2n) is 6.85. The largest absolute Gasteiger partial charge is 0.367 e. The summed E-state index contributed by atoms with van der Waals surface area (Å²) in [4.78, 5) is 2.53. The van der Waals surface area contributed by atoms with E-state index in [2.05, 4.69) is 67.3 Å². The zero-order chi connectivity index (χ0) is 15.1. The summed E-state index contributed by atoms with van der Waals surface area (Å²) in [6.07, 6.45) is 6.77. The summed E-state index contributed by atoms with van der Waals surface area (Å²) < 4.78 is 0. The normalized spacial score (nSPS) is 15.5. The van der Waals surface area contributed by atoms with E-state index in [1.807, 2.05) is 0 Å². The molecule has 2 aromatic carbocycles. The van der Waals surface area contributed by atoms with Gasteiger partial charge in [-0.2, -0.15) is 0 Å². The van der Waals surface area contributed by atoms with E-state index in [9.17, 15) is 0 Å². The maximum absolute atomic E-state index is 2.53. The molecule has 1 heterocycles. The second kappa shape index (κ2) is 5.31. The van der Waals surface area contributed by atoms with Gasteiger partial charge in [0.15, 0.2) is 0 Å². The van der Waals surface area contributed by atoms with Crippen LogP contribution in [0.15, 0.2) is 42.5 Å². The minimum Gasteiger partial charge on any atom is -0.367 e. The molecule has 0 amide bonds. The molecule has 0 fully saturated rings. The van der Waals surface area contributed by atoms with Gasteiger partial charge in [-0.15, -0.1) is 0 Å². The van der Waals surface area contributed by atoms with Crippen molar-refractivity contribution in [1.29, 1.82) is 0 Å². The molecule has 1 heteroatoms. The lowest BCUT2D eigenvalue weighted by molar-refractivity contribution is 0.835. The Balaban J connectivity index is 1.57. The molecule has 22 heavy (non-hydrogen) atoms. The topological polar surface area (TPSA) is 3.24 Å². The molecule has 0 saturated heterocycles. The van der Waals surface area contributed by atoms with Gasteiger partial charge < -0.3 is 4.90 Å². The third-order valence-corrected chi connectivity index (χ3v) is 4.98. The van der Waals surface area contributed by atoms with E-state index < -0.39 is 0 Å². The molecule has 0 bridgehead atoms. The molecule has 0 radical (unpaired) electrons. The molecule has 0 atom stereocenters. The fourth-order valence-electron chi connectivity index (χ4n) is 3.64. The molecule has 0 N–H and O–H groups in total. The fraction of sp³-hybridized carbons (Fsp3) is 0.333. The summed E-state index contributed by atoms with van der Waals surface area (Å²) >= 11 is 0. The van der Waals surface area contributed by atoms with E-state index in [-0.39, 0.29) is 0 Å². The van der Waals surface area contributed by atoms with Crippen LogP contribution in [0.5, 0.6) is 0 Å². The Kier molecular flexibility index (Phi) is 3.29. The first-order valence-electron chi connectivity index (χ1n) is 8.37. The van der Waals surface area contributed by atoms with Crippen molar-refractivity contribution < 1.29 is 0 Å². The summed E-state index contributed by atoms with van der Waals surface area (Å²) in [6, 6.07) is 14.0. The monoisotopic (exact) mass is 289 g/mol. The summed E-state index contributed by atoms with van der Waals surface area (Å²) in [6.45, 7) is 6.72. The van der Waals surface area contributed by atoms with Gasteiger partial charge in [-0.3, -0.25) is 0 Å². The number of fused-ring (bicyclic) bond motifs is 2. The van der Waals surface area contributed by atoms with E-state index >= 15 is 0 Å². The Labute approximate surface area is 133 Å². The molecule has 0 unspecified atom stereocenters. The van der Waals surface area contributed by atoms with Gasteiger partial charge in [-0.25, -0.2) is 0 Å². The molecule has 0 aromatic heterocycles. The van der Waals surface area contributed by atoms with Gasteiger partial charge in [0.1, 0.15) is 0 Å². The summed E-state index contributed by atoms with van der Waals surface area (Å²) in [7, 11) is 0. The van der Waals surface area contributed by atoms with Crippen LogP contribution in [0.2, 0.25) is 0 Å². The molecule has 0 saturated carbocycles. The smallest absolute Gasteiger partial charge is 0.0429 e. The number of benzene rings is 2. The zero-order valence-corrected chi connectivity index (χ0v) is 13.5. The van der Waals surface area contributed by atoms with Crippen molar-refractivity contribution in [2.75, 3.05) is 11.4 Å². The van der Waals surface area contributed by atoms with Crippen LogP contribution in [0.1, 0.15) is 47.6 Å². The predicted molar refractivity (Wildman–Crippen MR) is 94.5 cm³/mol. The Bertz CT molecular complexity index is 740. The highest BCUT2D eigenvalue weighted by Gasteiger charge is 2.20. The first kappa shape index (κ1) is 13.6. The lowest BCUT2D eigenvalue weighted by Crippen LogP contribution is -2.19. The lowest BCUT2D eigenvalue weighted by atomic mass is 9.99. The van der Waals surface area contributed by atoms with Crippen molar-refractivity contribution in [2.24, 2.45) is 0 Å². The van der Waals surface area contributed by atoms with E-state index in [4.69, 9.17) is 0 Å². The summed E-state index contributed by atoms with van der Waals surface area (Å²) in [5.74, 6) is 0.614. The van der Waals surface area contributed by atoms with Gasteiger partial charge in [0.25, 0.3) is 0 Å². The third kappa shape index (κ3) is 2.35. The number of anilines is 1. The first-order chi connectivity index (χ1) is 10.7. The van der Waals surface area contributed by atoms with Crippen LogP contribution in [0, 0.1) is 0 Å². The minimum atomic E-state index is 0.614. The minimum absolute atomic E-state index is 0.614. The Morgan fingerprint density at radius 1 is 1.05 bits per heavy atom. The Hall–Kier alpha value is -2.02. The van der Waals surface area contributed by atoms with E-state index in [1.165, 1.54) is 39.9 Å². The van der Waals surface area contributed by atoms with Crippen LogP contribution in [0.4, 0.5) is 5.69 Å². The van der Waals surface area contributed by atoms with Crippen LogP contribution < -0.4 is 4.90 Å². The quantitative estimate of drug-likeness (QED) is 0.773. The van der Waals surface area contributed by atoms with Crippen LogP contribution >= 0.6 is 0 Å². The van der Waals surface area contributed by atoms with Crippen LogP contribution in [-0.2, 0) is 19.4 Å². The van der Waals surface area contributed by atoms with Gasteiger partial charge in [0.05, 0.1) is 0 Å². The van der Waals surface area contributed by atoms with Crippen LogP contribution in [0.25, 0.3) is 6.08 Å². The molecular formula is C21H23N. The van der Waals surface area contributed by atoms with Gasteiger partial charge in [-0.1, -0.05) is 56.3 Å². The molecule has 1 nitrogen and oxygen atoms in total. The average molecular weight is 289 g/mol. The van der Waals surface area contributed by atoms with E-state index in [0.717, 1.165) is 19.5 Å². The molecule has 4 rings (SSSR count). The first-order valence-corrected chi connectivity index (χ1v) is 8.37. The Morgan fingerprint density at radius 2 is 1.95 bits per heavy atom. The molecule has 2 aliphatic rings. The fourth-order valence-corrected chi connectivity index (χ4v) is 3.64. The number of hydrogen-bond donors (Lipinski definition) is 0. The maximum atomic E-state index is 2.53. The van der Waals surface area contributed by atoms with Gasteiger partial charge >= 0.3 is 0 Å². The van der Waals surface area contributed by atoms with Crippen LogP contribution in [-0.4, -0.2) is 6.54 Å². The van der Waals surface area contributed by atoms with Crippen molar-refractivity contribution in [1.82, 2.24) is 0 Å². The van der Waals surface area contributed by atoms with Gasteiger partial charge in [-0.05, 0) is 52.6 Å². The summed E-state index contributed by atoms with van der Waals surface area (Å²) in [5, 5.41) is 0. The second-order valence-corrected chi connectivity index (χ2v) is 6.85. The van der Waals surface area contributed by atoms with E-state index in [0.29, 0.717) is 5.92 Å². The number of nitrogens with zero attached hydrogens (tertiary/aromatic N) is 1. The maximum Gasteiger partial charge on any atom is 0.0429 e. The zero-order valence-electron chi connectivity index (χ0n) is 13.5. The molecule has 0 spiro atoms. The van der Waals surface area contributed by atoms with Gasteiger partial charge in [0, 0.05) is 18.8 Å². The van der Waals surface area contributed by atoms with Crippen molar-refractivity contribution >= 4 is 11.8 Å². The highest BCUT2D eigenvalue weighted by atomic mass is 15.1. The number of allylic oxidation sites excluding steroid dienone is 1.